The molecule has 0 N–H and O–H groups in total. The fourth-order valence-corrected chi connectivity index (χ4v) is 7.54. The molecule has 0 unspecified atom stereocenters. The van der Waals surface area contributed by atoms with Crippen LogP contribution in [0.15, 0.2) is 146 Å². The zero-order valence-corrected chi connectivity index (χ0v) is 26.1. The van der Waals surface area contributed by atoms with Gasteiger partial charge in [0.05, 0.1) is 33.7 Å². The zero-order chi connectivity index (χ0) is 31.5. The number of aromatic nitrogens is 2. The average Bonchev–Trinajstić information content (AvgIpc) is 3.64. The van der Waals surface area contributed by atoms with Crippen molar-refractivity contribution in [3.05, 3.63) is 157 Å². The van der Waals surface area contributed by atoms with Gasteiger partial charge < -0.3 is 9.13 Å². The van der Waals surface area contributed by atoms with Gasteiger partial charge in [0.1, 0.15) is 0 Å². The third-order valence-electron chi connectivity index (χ3n) is 9.61. The van der Waals surface area contributed by atoms with E-state index in [-0.39, 0.29) is 0 Å². The average molecular weight is 602 g/mol. The highest BCUT2D eigenvalue weighted by Crippen LogP contribution is 2.43. The number of hydrogen-bond donors (Lipinski definition) is 0. The minimum Gasteiger partial charge on any atom is -0.309 e. The minimum atomic E-state index is 0.674. The van der Waals surface area contributed by atoms with Crippen molar-refractivity contribution in [1.29, 1.82) is 5.26 Å². The molecular weight excluding hydrogens is 571 g/mol. The van der Waals surface area contributed by atoms with Gasteiger partial charge in [-0.25, -0.2) is 0 Å². The van der Waals surface area contributed by atoms with Crippen LogP contribution in [0.3, 0.4) is 0 Å². The number of fused-ring (bicyclic) bond motifs is 6. The molecule has 222 valence electrons. The molecule has 0 aliphatic heterocycles. The van der Waals surface area contributed by atoms with Gasteiger partial charge in [0.25, 0.3) is 0 Å². The van der Waals surface area contributed by atoms with Gasteiger partial charge in [0.2, 0.25) is 0 Å². The first-order valence-electron chi connectivity index (χ1n) is 16.2. The van der Waals surface area contributed by atoms with E-state index in [1.165, 1.54) is 61.0 Å². The lowest BCUT2D eigenvalue weighted by Gasteiger charge is -2.17. The Kier molecular flexibility index (Phi) is 6.23. The standard InChI is InChI=1S/C44H31N3/c1-29-11-9-14-33(25-29)46-41-20-8-7-17-36(41)37-23-22-31(27-43(37)46)34-15-5-6-16-35(34)38-18-10-19-39-40-26-30(28-45)21-24-42(40)47(44(38)39)32-12-3-2-4-13-32/h3,5-27H,2,4H2,1H3. The smallest absolute Gasteiger partial charge is 0.0991 e. The van der Waals surface area contributed by atoms with Gasteiger partial charge in [0, 0.05) is 38.5 Å². The van der Waals surface area contributed by atoms with Crippen molar-refractivity contribution in [2.24, 2.45) is 0 Å². The van der Waals surface area contributed by atoms with Crippen LogP contribution in [0.25, 0.3) is 77.2 Å². The molecule has 47 heavy (non-hydrogen) atoms. The van der Waals surface area contributed by atoms with E-state index in [9.17, 15) is 5.26 Å². The fraction of sp³-hybridized carbons (Fsp3) is 0.0682. The van der Waals surface area contributed by atoms with E-state index in [1.807, 2.05) is 12.1 Å². The summed E-state index contributed by atoms with van der Waals surface area (Å²) in [5, 5.41) is 14.5. The monoisotopic (exact) mass is 601 g/mol. The van der Waals surface area contributed by atoms with Crippen molar-refractivity contribution in [2.45, 2.75) is 19.8 Å². The number of hydrogen-bond acceptors (Lipinski definition) is 1. The molecule has 8 aromatic rings. The molecule has 0 radical (unpaired) electrons. The van der Waals surface area contributed by atoms with E-state index in [0.717, 1.165) is 34.6 Å². The van der Waals surface area contributed by atoms with Crippen LogP contribution in [-0.2, 0) is 0 Å². The van der Waals surface area contributed by atoms with Crippen molar-refractivity contribution in [2.75, 3.05) is 0 Å². The second-order valence-corrected chi connectivity index (χ2v) is 12.5. The fourth-order valence-electron chi connectivity index (χ4n) is 7.54. The Bertz CT molecular complexity index is 2650. The number of nitriles is 1. The Morgan fingerprint density at radius 3 is 2.19 bits per heavy atom. The second-order valence-electron chi connectivity index (χ2n) is 12.5. The van der Waals surface area contributed by atoms with Gasteiger partial charge >= 0.3 is 0 Å². The van der Waals surface area contributed by atoms with Crippen molar-refractivity contribution in [3.8, 4) is 34.0 Å². The van der Waals surface area contributed by atoms with E-state index in [0.29, 0.717) is 5.56 Å². The highest BCUT2D eigenvalue weighted by molar-refractivity contribution is 6.16. The molecule has 0 saturated heterocycles. The molecule has 0 fully saturated rings. The first-order valence-corrected chi connectivity index (χ1v) is 16.2. The third kappa shape index (κ3) is 4.26. The minimum absolute atomic E-state index is 0.674. The van der Waals surface area contributed by atoms with E-state index in [1.54, 1.807) is 0 Å². The molecule has 3 nitrogen and oxygen atoms in total. The number of para-hydroxylation sites is 2. The molecule has 2 aromatic heterocycles. The van der Waals surface area contributed by atoms with Crippen molar-refractivity contribution >= 4 is 49.3 Å². The number of aryl methyl sites for hydroxylation is 1. The molecule has 0 amide bonds. The topological polar surface area (TPSA) is 33.6 Å². The first kappa shape index (κ1) is 27.2. The summed E-state index contributed by atoms with van der Waals surface area (Å²) in [6.07, 6.45) is 8.89. The van der Waals surface area contributed by atoms with Crippen molar-refractivity contribution in [1.82, 2.24) is 9.13 Å². The van der Waals surface area contributed by atoms with Crippen LogP contribution in [0.5, 0.6) is 0 Å². The Labute approximate surface area is 273 Å². The van der Waals surface area contributed by atoms with Crippen molar-refractivity contribution in [3.63, 3.8) is 0 Å². The van der Waals surface area contributed by atoms with E-state index in [2.05, 4.69) is 156 Å². The quantitative estimate of drug-likeness (QED) is 0.198. The summed E-state index contributed by atoms with van der Waals surface area (Å²) in [6, 6.07) is 48.2. The van der Waals surface area contributed by atoms with Crippen molar-refractivity contribution < 1.29 is 0 Å². The molecule has 0 atom stereocenters. The molecule has 3 heteroatoms. The Morgan fingerprint density at radius 1 is 0.574 bits per heavy atom. The number of nitrogens with zero attached hydrogens (tertiary/aromatic N) is 3. The van der Waals surface area contributed by atoms with Gasteiger partial charge in [0.15, 0.2) is 0 Å². The highest BCUT2D eigenvalue weighted by atomic mass is 15.0. The van der Waals surface area contributed by atoms with Crippen LogP contribution in [0.2, 0.25) is 0 Å². The molecule has 0 bridgehead atoms. The summed E-state index contributed by atoms with van der Waals surface area (Å²) in [6.45, 7) is 2.15. The Balaban J connectivity index is 1.32. The molecule has 0 saturated carbocycles. The van der Waals surface area contributed by atoms with Crippen LogP contribution < -0.4 is 0 Å². The van der Waals surface area contributed by atoms with Crippen LogP contribution in [0.1, 0.15) is 24.0 Å². The Morgan fingerprint density at radius 2 is 1.34 bits per heavy atom. The van der Waals surface area contributed by atoms with E-state index >= 15 is 0 Å². The SMILES string of the molecule is Cc1cccc(-n2c3ccccc3c3ccc(-c4ccccc4-c4cccc5c6cc(C#N)ccc6n(C6=CCCC=C6)c45)cc32)c1. The second kappa shape index (κ2) is 10.8. The summed E-state index contributed by atoms with van der Waals surface area (Å²) in [7, 11) is 0. The number of rotatable bonds is 4. The molecule has 0 spiro atoms. The van der Waals surface area contributed by atoms with E-state index < -0.39 is 0 Å². The predicted octanol–water partition coefficient (Wildman–Crippen LogP) is 11.6. The maximum absolute atomic E-state index is 9.77. The highest BCUT2D eigenvalue weighted by Gasteiger charge is 2.20. The van der Waals surface area contributed by atoms with Gasteiger partial charge in [-0.05, 0) is 90.6 Å². The molecule has 6 aromatic carbocycles. The molecule has 9 rings (SSSR count). The molecule has 1 aliphatic carbocycles. The van der Waals surface area contributed by atoms with Gasteiger partial charge in [-0.1, -0.05) is 97.1 Å². The van der Waals surface area contributed by atoms with Gasteiger partial charge in [-0.2, -0.15) is 5.26 Å². The van der Waals surface area contributed by atoms with Crippen LogP contribution in [0.4, 0.5) is 0 Å². The first-order chi connectivity index (χ1) is 23.2. The van der Waals surface area contributed by atoms with E-state index in [4.69, 9.17) is 0 Å². The predicted molar refractivity (Wildman–Crippen MR) is 197 cm³/mol. The van der Waals surface area contributed by atoms with Crippen LogP contribution >= 0.6 is 0 Å². The lowest BCUT2D eigenvalue weighted by Crippen LogP contribution is -1.99. The molecule has 1 aliphatic rings. The molecule has 2 heterocycles. The van der Waals surface area contributed by atoms with Gasteiger partial charge in [-0.15, -0.1) is 0 Å². The van der Waals surface area contributed by atoms with Gasteiger partial charge in [-0.3, -0.25) is 0 Å². The maximum atomic E-state index is 9.77. The number of benzene rings is 6. The zero-order valence-electron chi connectivity index (χ0n) is 26.1. The number of allylic oxidation sites excluding steroid dienone is 4. The maximum Gasteiger partial charge on any atom is 0.0991 e. The lowest BCUT2D eigenvalue weighted by molar-refractivity contribution is 1.02. The molecular formula is C44H31N3. The lowest BCUT2D eigenvalue weighted by atomic mass is 9.92. The largest absolute Gasteiger partial charge is 0.309 e. The van der Waals surface area contributed by atoms with Crippen LogP contribution in [-0.4, -0.2) is 9.13 Å². The summed E-state index contributed by atoms with van der Waals surface area (Å²) in [5.41, 5.74) is 13.7. The summed E-state index contributed by atoms with van der Waals surface area (Å²) in [5.74, 6) is 0. The van der Waals surface area contributed by atoms with Crippen LogP contribution in [0, 0.1) is 18.3 Å². The summed E-state index contributed by atoms with van der Waals surface area (Å²) >= 11 is 0. The third-order valence-corrected chi connectivity index (χ3v) is 9.61. The Hall–Kier alpha value is -6.11. The summed E-state index contributed by atoms with van der Waals surface area (Å²) < 4.78 is 4.80. The summed E-state index contributed by atoms with van der Waals surface area (Å²) in [4.78, 5) is 0. The normalized spacial score (nSPS) is 13.1.